The summed E-state index contributed by atoms with van der Waals surface area (Å²) in [6.45, 7) is 0. The van der Waals surface area contributed by atoms with E-state index in [0.29, 0.717) is 11.5 Å². The summed E-state index contributed by atoms with van der Waals surface area (Å²) in [5.41, 5.74) is 1.92. The molecule has 0 radical (unpaired) electrons. The van der Waals surface area contributed by atoms with Gasteiger partial charge in [0.1, 0.15) is 5.75 Å². The van der Waals surface area contributed by atoms with Crippen molar-refractivity contribution in [1.29, 1.82) is 0 Å². The first kappa shape index (κ1) is 19.1. The van der Waals surface area contributed by atoms with E-state index in [4.69, 9.17) is 9.84 Å². The smallest absolute Gasteiger partial charge is 1.00 e. The van der Waals surface area contributed by atoms with Crippen LogP contribution in [0.3, 0.4) is 0 Å². The van der Waals surface area contributed by atoms with Gasteiger partial charge in [0.05, 0.1) is 7.11 Å². The van der Waals surface area contributed by atoms with Gasteiger partial charge in [-0.05, 0) is 23.8 Å². The van der Waals surface area contributed by atoms with Gasteiger partial charge < -0.3 is 16.4 Å². The Morgan fingerprint density at radius 3 is 1.74 bits per heavy atom. The molecule has 23 heavy (non-hydrogen) atoms. The van der Waals surface area contributed by atoms with Gasteiger partial charge in [-0.25, -0.2) is 0 Å². The molecule has 0 heterocycles. The van der Waals surface area contributed by atoms with Crippen LogP contribution in [0.4, 0.5) is 0 Å². The van der Waals surface area contributed by atoms with Crippen molar-refractivity contribution >= 4 is 0 Å². The number of phenolic OH excluding ortho intramolecular Hbond substituents is 2. The Balaban J connectivity index is 0.000000431. The fourth-order valence-electron chi connectivity index (χ4n) is 1.97. The van der Waals surface area contributed by atoms with Crippen LogP contribution in [0.25, 0.3) is 11.1 Å². The summed E-state index contributed by atoms with van der Waals surface area (Å²) < 4.78 is 4.79. The zero-order valence-electron chi connectivity index (χ0n) is 14.3. The van der Waals surface area contributed by atoms with E-state index in [0.717, 1.165) is 11.1 Å². The van der Waals surface area contributed by atoms with Gasteiger partial charge in [-0.1, -0.05) is 60.7 Å². The summed E-state index contributed by atoms with van der Waals surface area (Å²) in [6, 6.07) is 24.0. The van der Waals surface area contributed by atoms with Crippen molar-refractivity contribution in [3.63, 3.8) is 0 Å². The number of aromatic hydroxyl groups is 2. The first-order chi connectivity index (χ1) is 10.7. The Labute approximate surface area is 160 Å². The van der Waals surface area contributed by atoms with Crippen LogP contribution in [-0.2, 0) is 0 Å². The maximum Gasteiger partial charge on any atom is 1.00 e. The fraction of sp³-hybridized carbons (Fsp3) is 0.0526. The van der Waals surface area contributed by atoms with Crippen LogP contribution < -0.4 is 34.3 Å². The van der Waals surface area contributed by atoms with E-state index in [-0.39, 0.29) is 36.7 Å². The Kier molecular flexibility index (Phi) is 8.27. The molecule has 0 fully saturated rings. The van der Waals surface area contributed by atoms with Gasteiger partial charge in [0, 0.05) is 5.56 Å². The van der Waals surface area contributed by atoms with Gasteiger partial charge in [0.15, 0.2) is 11.5 Å². The standard InChI is InChI=1S/C12H10O.C7H8O2.Na.H/c13-12-9-5-4-8-11(12)10-6-2-1-3-7-10;1-9-7-5-3-2-4-6(7)8;;/h1-9,13H;2-5,8H,1H3;;/q;;+1;-1. The average molecular weight is 318 g/mol. The van der Waals surface area contributed by atoms with Crippen LogP contribution in [0.1, 0.15) is 1.43 Å². The van der Waals surface area contributed by atoms with Crippen LogP contribution >= 0.6 is 0 Å². The van der Waals surface area contributed by atoms with Crippen LogP contribution in [-0.4, -0.2) is 17.3 Å². The summed E-state index contributed by atoms with van der Waals surface area (Å²) in [5, 5.41) is 18.5. The molecule has 0 aliphatic heterocycles. The van der Waals surface area contributed by atoms with E-state index in [9.17, 15) is 5.11 Å². The Hall–Kier alpha value is -1.94. The molecule has 0 amide bonds. The molecule has 3 aromatic carbocycles. The Morgan fingerprint density at radius 2 is 1.22 bits per heavy atom. The molecule has 0 aliphatic carbocycles. The second-order valence-electron chi connectivity index (χ2n) is 4.56. The van der Waals surface area contributed by atoms with Crippen LogP contribution in [0.15, 0.2) is 78.9 Å². The molecule has 0 saturated heterocycles. The van der Waals surface area contributed by atoms with E-state index < -0.39 is 0 Å². The van der Waals surface area contributed by atoms with Gasteiger partial charge in [-0.2, -0.15) is 0 Å². The molecule has 2 N–H and O–H groups in total. The third kappa shape index (κ3) is 5.64. The molecule has 0 saturated carbocycles. The molecule has 114 valence electrons. The van der Waals surface area contributed by atoms with Gasteiger partial charge in [0.2, 0.25) is 0 Å². The molecule has 0 atom stereocenters. The zero-order chi connectivity index (χ0) is 15.8. The largest absolute Gasteiger partial charge is 1.00 e. The summed E-state index contributed by atoms with van der Waals surface area (Å²) in [5.74, 6) is 1.02. The minimum absolute atomic E-state index is 0. The molecule has 0 aromatic heterocycles. The average Bonchev–Trinajstić information content (AvgIpc) is 2.57. The monoisotopic (exact) mass is 318 g/mol. The van der Waals surface area contributed by atoms with Crippen molar-refractivity contribution in [2.45, 2.75) is 0 Å². The minimum atomic E-state index is 0. The van der Waals surface area contributed by atoms with Crippen LogP contribution in [0, 0.1) is 0 Å². The van der Waals surface area contributed by atoms with Gasteiger partial charge in [-0.15, -0.1) is 0 Å². The minimum Gasteiger partial charge on any atom is -1.00 e. The maximum atomic E-state index is 9.56. The van der Waals surface area contributed by atoms with E-state index in [2.05, 4.69) is 0 Å². The molecular formula is C19H19NaO3. The quantitative estimate of drug-likeness (QED) is 0.705. The van der Waals surface area contributed by atoms with Crippen molar-refractivity contribution in [3.05, 3.63) is 78.9 Å². The van der Waals surface area contributed by atoms with Crippen molar-refractivity contribution in [1.82, 2.24) is 0 Å². The summed E-state index contributed by atoms with van der Waals surface area (Å²) in [6.07, 6.45) is 0. The Bertz CT molecular complexity index is 721. The van der Waals surface area contributed by atoms with E-state index in [1.54, 1.807) is 30.3 Å². The zero-order valence-corrected chi connectivity index (χ0v) is 15.3. The number of hydrogen-bond acceptors (Lipinski definition) is 3. The molecule has 3 nitrogen and oxygen atoms in total. The summed E-state index contributed by atoms with van der Waals surface area (Å²) >= 11 is 0. The second kappa shape index (κ2) is 9.95. The molecule has 0 aliphatic rings. The Morgan fingerprint density at radius 1 is 0.696 bits per heavy atom. The van der Waals surface area contributed by atoms with E-state index >= 15 is 0 Å². The molecule has 4 heteroatoms. The molecule has 0 spiro atoms. The molecular weight excluding hydrogens is 299 g/mol. The number of phenols is 2. The number of hydrogen-bond donors (Lipinski definition) is 2. The number of methoxy groups -OCH3 is 1. The molecule has 3 aromatic rings. The van der Waals surface area contributed by atoms with Crippen molar-refractivity contribution in [2.75, 3.05) is 7.11 Å². The normalized spacial score (nSPS) is 9.09. The third-order valence-electron chi connectivity index (χ3n) is 3.07. The topological polar surface area (TPSA) is 49.7 Å². The fourth-order valence-corrected chi connectivity index (χ4v) is 1.97. The third-order valence-corrected chi connectivity index (χ3v) is 3.07. The van der Waals surface area contributed by atoms with Gasteiger partial charge in [-0.3, -0.25) is 0 Å². The second-order valence-corrected chi connectivity index (χ2v) is 4.56. The van der Waals surface area contributed by atoms with Crippen LogP contribution in [0.2, 0.25) is 0 Å². The first-order valence-corrected chi connectivity index (χ1v) is 6.87. The van der Waals surface area contributed by atoms with Crippen LogP contribution in [0.5, 0.6) is 17.2 Å². The first-order valence-electron chi connectivity index (χ1n) is 6.87. The number of rotatable bonds is 2. The molecule has 0 bridgehead atoms. The molecule has 3 rings (SSSR count). The SMILES string of the molecule is COc1ccccc1O.Oc1ccccc1-c1ccccc1.[H-].[Na+]. The summed E-state index contributed by atoms with van der Waals surface area (Å²) in [4.78, 5) is 0. The van der Waals surface area contributed by atoms with Gasteiger partial charge in [0.25, 0.3) is 0 Å². The van der Waals surface area contributed by atoms with Crippen molar-refractivity contribution < 1.29 is 45.9 Å². The maximum absolute atomic E-state index is 9.56. The van der Waals surface area contributed by atoms with Crippen molar-refractivity contribution in [3.8, 4) is 28.4 Å². The number of ether oxygens (including phenoxy) is 1. The van der Waals surface area contributed by atoms with E-state index in [1.165, 1.54) is 7.11 Å². The number of benzene rings is 3. The predicted octanol–water partition coefficient (Wildman–Crippen LogP) is 1.58. The predicted molar refractivity (Wildman–Crippen MR) is 89.3 cm³/mol. The van der Waals surface area contributed by atoms with Gasteiger partial charge >= 0.3 is 29.6 Å². The van der Waals surface area contributed by atoms with E-state index in [1.807, 2.05) is 48.5 Å². The summed E-state index contributed by atoms with van der Waals surface area (Å²) in [7, 11) is 1.52. The van der Waals surface area contributed by atoms with Crippen molar-refractivity contribution in [2.24, 2.45) is 0 Å². The number of para-hydroxylation sites is 3. The molecule has 0 unspecified atom stereocenters.